The van der Waals surface area contributed by atoms with Crippen molar-refractivity contribution in [1.29, 1.82) is 0 Å². The summed E-state index contributed by atoms with van der Waals surface area (Å²) < 4.78 is 47.1. The van der Waals surface area contributed by atoms with E-state index in [2.05, 4.69) is 5.10 Å². The second-order valence-corrected chi connectivity index (χ2v) is 5.69. The quantitative estimate of drug-likeness (QED) is 0.823. The molecule has 0 saturated carbocycles. The SMILES string of the molecule is CS(=O)(=O)CCn1nc(C(F)F)cc1Cl. The molecule has 0 fully saturated rings. The predicted octanol–water partition coefficient (Wildman–Crippen LogP) is 1.52. The smallest absolute Gasteiger partial charge is 0.253 e. The maximum atomic E-state index is 12.2. The van der Waals surface area contributed by atoms with E-state index in [1.165, 1.54) is 0 Å². The number of sulfone groups is 1. The lowest BCUT2D eigenvalue weighted by atomic mass is 10.5. The van der Waals surface area contributed by atoms with Crippen LogP contribution in [-0.2, 0) is 16.4 Å². The molecule has 1 aromatic rings. The van der Waals surface area contributed by atoms with Gasteiger partial charge in [0.15, 0.2) is 0 Å². The highest BCUT2D eigenvalue weighted by molar-refractivity contribution is 7.90. The number of aromatic nitrogens is 2. The van der Waals surface area contributed by atoms with Crippen molar-refractivity contribution in [3.05, 3.63) is 16.9 Å². The monoisotopic (exact) mass is 258 g/mol. The first-order chi connectivity index (χ1) is 6.79. The Morgan fingerprint density at radius 3 is 2.60 bits per heavy atom. The van der Waals surface area contributed by atoms with Crippen LogP contribution in [0, 0.1) is 0 Å². The zero-order chi connectivity index (χ0) is 11.6. The van der Waals surface area contributed by atoms with Crippen LogP contribution in [0.25, 0.3) is 0 Å². The molecule has 0 unspecified atom stereocenters. The van der Waals surface area contributed by atoms with Gasteiger partial charge in [0.25, 0.3) is 6.43 Å². The van der Waals surface area contributed by atoms with Crippen molar-refractivity contribution in [3.63, 3.8) is 0 Å². The summed E-state index contributed by atoms with van der Waals surface area (Å²) >= 11 is 5.59. The molecule has 86 valence electrons. The van der Waals surface area contributed by atoms with Crippen LogP contribution >= 0.6 is 11.6 Å². The second kappa shape index (κ2) is 4.44. The van der Waals surface area contributed by atoms with Crippen LogP contribution in [0.1, 0.15) is 12.1 Å². The van der Waals surface area contributed by atoms with Crippen LogP contribution in [0.15, 0.2) is 6.07 Å². The zero-order valence-electron chi connectivity index (χ0n) is 7.82. The maximum Gasteiger partial charge on any atom is 0.282 e. The van der Waals surface area contributed by atoms with Crippen LogP contribution in [0.3, 0.4) is 0 Å². The first kappa shape index (κ1) is 12.4. The van der Waals surface area contributed by atoms with Gasteiger partial charge in [0.2, 0.25) is 0 Å². The first-order valence-electron chi connectivity index (χ1n) is 3.99. The fraction of sp³-hybridized carbons (Fsp3) is 0.571. The van der Waals surface area contributed by atoms with Crippen LogP contribution in [0.5, 0.6) is 0 Å². The summed E-state index contributed by atoms with van der Waals surface area (Å²) in [5, 5.41) is 3.49. The number of aryl methyl sites for hydroxylation is 1. The van der Waals surface area contributed by atoms with Gasteiger partial charge in [-0.05, 0) is 0 Å². The molecule has 0 atom stereocenters. The number of hydrogen-bond acceptors (Lipinski definition) is 3. The number of alkyl halides is 2. The second-order valence-electron chi connectivity index (χ2n) is 3.05. The number of halogens is 3. The molecule has 15 heavy (non-hydrogen) atoms. The number of nitrogens with zero attached hydrogens (tertiary/aromatic N) is 2. The third kappa shape index (κ3) is 3.75. The number of hydrogen-bond donors (Lipinski definition) is 0. The highest BCUT2D eigenvalue weighted by Crippen LogP contribution is 2.20. The van der Waals surface area contributed by atoms with E-state index in [1.54, 1.807) is 0 Å². The van der Waals surface area contributed by atoms with Crippen molar-refractivity contribution >= 4 is 21.4 Å². The Hall–Kier alpha value is -0.690. The van der Waals surface area contributed by atoms with Crippen molar-refractivity contribution in [2.75, 3.05) is 12.0 Å². The topological polar surface area (TPSA) is 52.0 Å². The van der Waals surface area contributed by atoms with E-state index < -0.39 is 22.0 Å². The fourth-order valence-corrected chi connectivity index (χ4v) is 1.67. The highest BCUT2D eigenvalue weighted by atomic mass is 35.5. The molecular formula is C7H9ClF2N2O2S. The molecule has 1 rings (SSSR count). The minimum Gasteiger partial charge on any atom is -0.253 e. The van der Waals surface area contributed by atoms with Crippen molar-refractivity contribution in [3.8, 4) is 0 Å². The average molecular weight is 259 g/mol. The molecule has 0 aliphatic rings. The molecule has 0 bridgehead atoms. The molecular weight excluding hydrogens is 250 g/mol. The Balaban J connectivity index is 2.78. The van der Waals surface area contributed by atoms with Gasteiger partial charge in [-0.15, -0.1) is 0 Å². The first-order valence-corrected chi connectivity index (χ1v) is 6.42. The van der Waals surface area contributed by atoms with Crippen LogP contribution < -0.4 is 0 Å². The van der Waals surface area contributed by atoms with Gasteiger partial charge in [0.1, 0.15) is 20.7 Å². The van der Waals surface area contributed by atoms with Crippen LogP contribution in [0.2, 0.25) is 5.15 Å². The summed E-state index contributed by atoms with van der Waals surface area (Å²) in [5.74, 6) is -0.183. The highest BCUT2D eigenvalue weighted by Gasteiger charge is 2.15. The third-order valence-electron chi connectivity index (χ3n) is 1.65. The summed E-state index contributed by atoms with van der Waals surface area (Å²) in [6.07, 6.45) is -1.65. The predicted molar refractivity (Wildman–Crippen MR) is 51.9 cm³/mol. The molecule has 4 nitrogen and oxygen atoms in total. The summed E-state index contributed by atoms with van der Waals surface area (Å²) in [4.78, 5) is 0. The van der Waals surface area contributed by atoms with E-state index >= 15 is 0 Å². The molecule has 0 radical (unpaired) electrons. The fourth-order valence-electron chi connectivity index (χ4n) is 0.928. The maximum absolute atomic E-state index is 12.2. The lowest BCUT2D eigenvalue weighted by Crippen LogP contribution is -2.12. The van der Waals surface area contributed by atoms with Crippen LogP contribution in [0.4, 0.5) is 8.78 Å². The van der Waals surface area contributed by atoms with Gasteiger partial charge in [-0.25, -0.2) is 17.2 Å². The lowest BCUT2D eigenvalue weighted by molar-refractivity contribution is 0.145. The van der Waals surface area contributed by atoms with Crippen LogP contribution in [-0.4, -0.2) is 30.2 Å². The third-order valence-corrected chi connectivity index (χ3v) is 2.88. The van der Waals surface area contributed by atoms with Gasteiger partial charge in [0.05, 0.1) is 12.3 Å². The molecule has 0 amide bonds. The van der Waals surface area contributed by atoms with Crippen molar-refractivity contribution in [1.82, 2.24) is 9.78 Å². The van der Waals surface area contributed by atoms with Crippen molar-refractivity contribution in [2.24, 2.45) is 0 Å². The molecule has 0 N–H and O–H groups in total. The summed E-state index contributed by atoms with van der Waals surface area (Å²) in [5.41, 5.74) is -0.450. The molecule has 0 aliphatic carbocycles. The van der Waals surface area contributed by atoms with Gasteiger partial charge in [-0.2, -0.15) is 5.10 Å². The molecule has 0 aromatic carbocycles. The normalized spacial score (nSPS) is 12.3. The molecule has 8 heteroatoms. The summed E-state index contributed by atoms with van der Waals surface area (Å²) in [6.45, 7) is -0.0234. The van der Waals surface area contributed by atoms with E-state index in [0.717, 1.165) is 17.0 Å². The van der Waals surface area contributed by atoms with E-state index in [-0.39, 0.29) is 17.5 Å². The summed E-state index contributed by atoms with van der Waals surface area (Å²) in [6, 6.07) is 1.02. The Kier molecular flexibility index (Phi) is 3.67. The molecule has 1 aromatic heterocycles. The van der Waals surface area contributed by atoms with E-state index in [1.807, 2.05) is 0 Å². The Morgan fingerprint density at radius 2 is 2.20 bits per heavy atom. The zero-order valence-corrected chi connectivity index (χ0v) is 9.39. The van der Waals surface area contributed by atoms with Gasteiger partial charge < -0.3 is 0 Å². The summed E-state index contributed by atoms with van der Waals surface area (Å²) in [7, 11) is -3.16. The lowest BCUT2D eigenvalue weighted by Gasteiger charge is -2.01. The Labute approximate surface area is 90.8 Å². The van der Waals surface area contributed by atoms with Crippen molar-refractivity contribution < 1.29 is 17.2 Å². The average Bonchev–Trinajstić information content (AvgIpc) is 2.42. The minimum absolute atomic E-state index is 0.00829. The van der Waals surface area contributed by atoms with Gasteiger partial charge in [-0.3, -0.25) is 4.68 Å². The molecule has 1 heterocycles. The van der Waals surface area contributed by atoms with Crippen molar-refractivity contribution in [2.45, 2.75) is 13.0 Å². The molecule has 0 saturated heterocycles. The standard InChI is InChI=1S/C7H9ClF2N2O2S/c1-15(13,14)3-2-12-6(8)4-5(11-12)7(9)10/h4,7H,2-3H2,1H3. The Bertz CT molecular complexity index is 444. The number of rotatable bonds is 4. The minimum atomic E-state index is -3.16. The van der Waals surface area contributed by atoms with Gasteiger partial charge in [0, 0.05) is 12.3 Å². The van der Waals surface area contributed by atoms with Gasteiger partial charge >= 0.3 is 0 Å². The van der Waals surface area contributed by atoms with Gasteiger partial charge in [-0.1, -0.05) is 11.6 Å². The largest absolute Gasteiger partial charge is 0.282 e. The molecule has 0 aliphatic heterocycles. The van der Waals surface area contributed by atoms with E-state index in [4.69, 9.17) is 11.6 Å². The van der Waals surface area contributed by atoms with E-state index in [9.17, 15) is 17.2 Å². The molecule has 0 spiro atoms. The van der Waals surface area contributed by atoms with E-state index in [0.29, 0.717) is 0 Å². The Morgan fingerprint density at radius 1 is 1.60 bits per heavy atom.